The molecule has 2 rings (SSSR count). The number of nitrogens with zero attached hydrogens (tertiary/aromatic N) is 3. The maximum atomic E-state index is 4.24. The number of rotatable bonds is 6. The molecule has 1 aromatic heterocycles. The van der Waals surface area contributed by atoms with Crippen LogP contribution < -0.4 is 5.32 Å². The molecule has 1 aromatic rings. The number of nitrogens with one attached hydrogen (secondary N) is 1. The average molecular weight is 264 g/mol. The van der Waals surface area contributed by atoms with Gasteiger partial charge in [-0.05, 0) is 39.3 Å². The van der Waals surface area contributed by atoms with E-state index in [9.17, 15) is 0 Å². The molecule has 1 N–H and O–H groups in total. The van der Waals surface area contributed by atoms with Gasteiger partial charge in [0, 0.05) is 50.5 Å². The number of hydrogen-bond donors (Lipinski definition) is 1. The number of hydrogen-bond acceptors (Lipinski definition) is 3. The summed E-state index contributed by atoms with van der Waals surface area (Å²) in [6.45, 7) is 8.08. The second-order valence-electron chi connectivity index (χ2n) is 5.93. The van der Waals surface area contributed by atoms with Crippen LogP contribution in [0.15, 0.2) is 12.3 Å². The van der Waals surface area contributed by atoms with Gasteiger partial charge >= 0.3 is 0 Å². The summed E-state index contributed by atoms with van der Waals surface area (Å²) in [7, 11) is 2.03. The third kappa shape index (κ3) is 4.32. The van der Waals surface area contributed by atoms with Crippen LogP contribution in [0.3, 0.4) is 0 Å². The Hall–Kier alpha value is -0.870. The van der Waals surface area contributed by atoms with E-state index in [-0.39, 0.29) is 0 Å². The van der Waals surface area contributed by atoms with Crippen molar-refractivity contribution in [3.05, 3.63) is 18.0 Å². The molecule has 19 heavy (non-hydrogen) atoms. The van der Waals surface area contributed by atoms with Crippen LogP contribution in [0.4, 0.5) is 0 Å². The van der Waals surface area contributed by atoms with Crippen LogP contribution in [-0.2, 0) is 13.5 Å². The van der Waals surface area contributed by atoms with E-state index in [0.29, 0.717) is 12.1 Å². The summed E-state index contributed by atoms with van der Waals surface area (Å²) in [5, 5.41) is 7.89. The average Bonchev–Trinajstić information content (AvgIpc) is 2.81. The number of aromatic nitrogens is 2. The first-order valence-electron chi connectivity index (χ1n) is 7.61. The molecule has 1 aliphatic heterocycles. The highest BCUT2D eigenvalue weighted by Crippen LogP contribution is 2.11. The maximum Gasteiger partial charge on any atom is 0.0492 e. The van der Waals surface area contributed by atoms with Gasteiger partial charge in [-0.25, -0.2) is 0 Å². The molecule has 1 fully saturated rings. The molecular formula is C15H28N4. The molecule has 1 unspecified atom stereocenters. The summed E-state index contributed by atoms with van der Waals surface area (Å²) < 4.78 is 1.98. The summed E-state index contributed by atoms with van der Waals surface area (Å²) in [6.07, 6.45) is 7.02. The fraction of sp³-hybridized carbons (Fsp3) is 0.800. The monoisotopic (exact) mass is 264 g/mol. The van der Waals surface area contributed by atoms with Crippen LogP contribution >= 0.6 is 0 Å². The zero-order chi connectivity index (χ0) is 13.7. The van der Waals surface area contributed by atoms with E-state index < -0.39 is 0 Å². The second-order valence-corrected chi connectivity index (χ2v) is 5.93. The van der Waals surface area contributed by atoms with Crippen molar-refractivity contribution in [2.45, 2.75) is 51.6 Å². The third-order valence-corrected chi connectivity index (χ3v) is 4.18. The Morgan fingerprint density at radius 2 is 2.32 bits per heavy atom. The second kappa shape index (κ2) is 7.06. The molecular weight excluding hydrogens is 236 g/mol. The minimum absolute atomic E-state index is 0.608. The van der Waals surface area contributed by atoms with Gasteiger partial charge in [-0.15, -0.1) is 0 Å². The first kappa shape index (κ1) is 14.5. The van der Waals surface area contributed by atoms with Gasteiger partial charge in [-0.2, -0.15) is 5.10 Å². The molecule has 2 heterocycles. The van der Waals surface area contributed by atoms with E-state index in [2.05, 4.69) is 35.2 Å². The van der Waals surface area contributed by atoms with Crippen molar-refractivity contribution in [1.29, 1.82) is 0 Å². The Kier molecular flexibility index (Phi) is 5.40. The van der Waals surface area contributed by atoms with E-state index in [0.717, 1.165) is 13.0 Å². The molecule has 1 saturated heterocycles. The van der Waals surface area contributed by atoms with Crippen molar-refractivity contribution in [3.8, 4) is 0 Å². The van der Waals surface area contributed by atoms with Crippen LogP contribution in [0.2, 0.25) is 0 Å². The van der Waals surface area contributed by atoms with E-state index in [4.69, 9.17) is 0 Å². The molecule has 4 heteroatoms. The Morgan fingerprint density at radius 3 is 2.89 bits per heavy atom. The van der Waals surface area contributed by atoms with E-state index in [1.807, 2.05) is 17.9 Å². The molecule has 0 saturated carbocycles. The zero-order valence-electron chi connectivity index (χ0n) is 12.6. The summed E-state index contributed by atoms with van der Waals surface area (Å²) in [5.74, 6) is 0. The lowest BCUT2D eigenvalue weighted by atomic mass is 10.0. The fourth-order valence-corrected chi connectivity index (χ4v) is 2.83. The van der Waals surface area contributed by atoms with Gasteiger partial charge < -0.3 is 5.32 Å². The van der Waals surface area contributed by atoms with E-state index in [1.54, 1.807) is 0 Å². The van der Waals surface area contributed by atoms with Crippen LogP contribution in [0.25, 0.3) is 0 Å². The van der Waals surface area contributed by atoms with Crippen molar-refractivity contribution < 1.29 is 0 Å². The lowest BCUT2D eigenvalue weighted by Gasteiger charge is -2.33. The van der Waals surface area contributed by atoms with Crippen molar-refractivity contribution >= 4 is 0 Å². The molecule has 0 spiro atoms. The van der Waals surface area contributed by atoms with Crippen LogP contribution in [0.5, 0.6) is 0 Å². The highest BCUT2D eigenvalue weighted by Gasteiger charge is 2.18. The van der Waals surface area contributed by atoms with Crippen molar-refractivity contribution in [1.82, 2.24) is 20.0 Å². The highest BCUT2D eigenvalue weighted by atomic mass is 15.3. The zero-order valence-corrected chi connectivity index (χ0v) is 12.6. The van der Waals surface area contributed by atoms with Gasteiger partial charge in [-0.3, -0.25) is 9.58 Å². The molecule has 108 valence electrons. The predicted octanol–water partition coefficient (Wildman–Crippen LogP) is 1.82. The molecule has 4 nitrogen and oxygen atoms in total. The lowest BCUT2D eigenvalue weighted by Crippen LogP contribution is -2.46. The SMILES string of the molecule is CC(C)N(CCc1ccnn1C)CC1CCCCN1. The van der Waals surface area contributed by atoms with E-state index >= 15 is 0 Å². The molecule has 1 atom stereocenters. The van der Waals surface area contributed by atoms with Crippen molar-refractivity contribution in [2.24, 2.45) is 7.05 Å². The predicted molar refractivity (Wildman–Crippen MR) is 79.3 cm³/mol. The maximum absolute atomic E-state index is 4.24. The van der Waals surface area contributed by atoms with Gasteiger partial charge in [0.25, 0.3) is 0 Å². The van der Waals surface area contributed by atoms with Crippen LogP contribution in [0, 0.1) is 0 Å². The summed E-state index contributed by atoms with van der Waals surface area (Å²) in [6, 6.07) is 3.41. The van der Waals surface area contributed by atoms with Gasteiger partial charge in [0.2, 0.25) is 0 Å². The molecule has 0 radical (unpaired) electrons. The Bertz CT molecular complexity index is 366. The molecule has 0 amide bonds. The first-order valence-corrected chi connectivity index (χ1v) is 7.61. The Morgan fingerprint density at radius 1 is 1.47 bits per heavy atom. The fourth-order valence-electron chi connectivity index (χ4n) is 2.83. The minimum atomic E-state index is 0.608. The summed E-state index contributed by atoms with van der Waals surface area (Å²) >= 11 is 0. The Labute approximate surface area is 117 Å². The number of piperidine rings is 1. The molecule has 0 aliphatic carbocycles. The molecule has 0 aromatic carbocycles. The van der Waals surface area contributed by atoms with Gasteiger partial charge in [0.05, 0.1) is 0 Å². The molecule has 0 bridgehead atoms. The normalized spacial score (nSPS) is 20.4. The van der Waals surface area contributed by atoms with Gasteiger partial charge in [0.15, 0.2) is 0 Å². The Balaban J connectivity index is 1.83. The summed E-state index contributed by atoms with van der Waals surface area (Å²) in [5.41, 5.74) is 1.32. The van der Waals surface area contributed by atoms with Crippen molar-refractivity contribution in [2.75, 3.05) is 19.6 Å². The van der Waals surface area contributed by atoms with Crippen LogP contribution in [0.1, 0.15) is 38.8 Å². The van der Waals surface area contributed by atoms with Gasteiger partial charge in [-0.1, -0.05) is 6.42 Å². The number of aryl methyl sites for hydroxylation is 1. The van der Waals surface area contributed by atoms with Crippen molar-refractivity contribution in [3.63, 3.8) is 0 Å². The topological polar surface area (TPSA) is 33.1 Å². The molecule has 1 aliphatic rings. The summed E-state index contributed by atoms with van der Waals surface area (Å²) in [4.78, 5) is 2.59. The third-order valence-electron chi connectivity index (χ3n) is 4.18. The lowest BCUT2D eigenvalue weighted by molar-refractivity contribution is 0.186. The van der Waals surface area contributed by atoms with E-state index in [1.165, 1.54) is 38.0 Å². The van der Waals surface area contributed by atoms with Crippen LogP contribution in [-0.4, -0.2) is 46.4 Å². The largest absolute Gasteiger partial charge is 0.313 e. The quantitative estimate of drug-likeness (QED) is 0.851. The standard InChI is InChI=1S/C15H28N4/c1-13(2)19(12-14-6-4-5-9-16-14)11-8-15-7-10-17-18(15)3/h7,10,13-14,16H,4-6,8-9,11-12H2,1-3H3. The smallest absolute Gasteiger partial charge is 0.0492 e. The first-order chi connectivity index (χ1) is 9.16. The van der Waals surface area contributed by atoms with Gasteiger partial charge in [0.1, 0.15) is 0 Å². The highest BCUT2D eigenvalue weighted by molar-refractivity contribution is 5.00. The minimum Gasteiger partial charge on any atom is -0.313 e.